The normalized spacial score (nSPS) is 30.6. The zero-order valence-electron chi connectivity index (χ0n) is 12.2. The lowest BCUT2D eigenvalue weighted by Gasteiger charge is -2.41. The van der Waals surface area contributed by atoms with E-state index in [1.807, 2.05) is 6.07 Å². The van der Waals surface area contributed by atoms with Crippen molar-refractivity contribution in [3.05, 3.63) is 34.6 Å². The summed E-state index contributed by atoms with van der Waals surface area (Å²) < 4.78 is 13.7. The van der Waals surface area contributed by atoms with E-state index in [0.29, 0.717) is 17.1 Å². The van der Waals surface area contributed by atoms with Crippen LogP contribution in [0.2, 0.25) is 5.02 Å². The van der Waals surface area contributed by atoms with Crippen molar-refractivity contribution in [2.75, 3.05) is 13.1 Å². The molecular weight excluding hydrogens is 287 g/mol. The van der Waals surface area contributed by atoms with Crippen LogP contribution in [-0.4, -0.2) is 30.1 Å². The lowest BCUT2D eigenvalue weighted by Crippen LogP contribution is -2.57. The minimum absolute atomic E-state index is 0.300. The first-order chi connectivity index (χ1) is 10.2. The van der Waals surface area contributed by atoms with Gasteiger partial charge < -0.3 is 5.32 Å². The molecule has 4 heteroatoms. The van der Waals surface area contributed by atoms with Crippen LogP contribution in [0.3, 0.4) is 0 Å². The Labute approximate surface area is 130 Å². The smallest absolute Gasteiger partial charge is 0.142 e. The molecule has 114 valence electrons. The molecule has 0 bridgehead atoms. The highest BCUT2D eigenvalue weighted by Crippen LogP contribution is 2.40. The fourth-order valence-corrected chi connectivity index (χ4v) is 3.87. The monoisotopic (exact) mass is 308 g/mol. The molecule has 2 aliphatic carbocycles. The predicted octanol–water partition coefficient (Wildman–Crippen LogP) is 3.44. The van der Waals surface area contributed by atoms with Gasteiger partial charge in [-0.2, -0.15) is 0 Å². The maximum absolute atomic E-state index is 13.7. The topological polar surface area (TPSA) is 15.3 Å². The Kier molecular flexibility index (Phi) is 3.68. The Morgan fingerprint density at radius 3 is 2.67 bits per heavy atom. The largest absolute Gasteiger partial charge is 0.311 e. The van der Waals surface area contributed by atoms with Crippen molar-refractivity contribution in [3.8, 4) is 0 Å². The van der Waals surface area contributed by atoms with Crippen LogP contribution in [0.5, 0.6) is 0 Å². The molecule has 2 saturated carbocycles. The third kappa shape index (κ3) is 2.96. The number of hydrogen-bond acceptors (Lipinski definition) is 2. The number of nitrogens with zero attached hydrogens (tertiary/aromatic N) is 1. The zero-order chi connectivity index (χ0) is 14.4. The molecule has 4 rings (SSSR count). The SMILES string of the molecule is Fc1cccc(CN2CC(C3CC3)NCC2C2CC2)c1Cl. The molecule has 0 aromatic heterocycles. The second-order valence-electron chi connectivity index (χ2n) is 6.90. The van der Waals surface area contributed by atoms with E-state index in [1.54, 1.807) is 6.07 Å². The highest BCUT2D eigenvalue weighted by molar-refractivity contribution is 6.31. The van der Waals surface area contributed by atoms with Crippen LogP contribution in [-0.2, 0) is 6.54 Å². The molecule has 3 fully saturated rings. The Balaban J connectivity index is 1.52. The Hall–Kier alpha value is -0.640. The maximum atomic E-state index is 13.7. The molecule has 2 unspecified atom stereocenters. The molecule has 3 aliphatic rings. The molecule has 1 aliphatic heterocycles. The molecule has 21 heavy (non-hydrogen) atoms. The molecule has 0 radical (unpaired) electrons. The number of benzene rings is 1. The molecular formula is C17H22ClFN2. The molecule has 0 spiro atoms. The van der Waals surface area contributed by atoms with Gasteiger partial charge in [-0.05, 0) is 49.1 Å². The van der Waals surface area contributed by atoms with Gasteiger partial charge in [-0.25, -0.2) is 4.39 Å². The standard InChI is InChI=1S/C17H22ClFN2/c18-17-13(2-1-3-14(17)19)9-21-10-15(11-4-5-11)20-8-16(21)12-6-7-12/h1-3,11-12,15-16,20H,4-10H2. The van der Waals surface area contributed by atoms with Crippen molar-refractivity contribution in [1.82, 2.24) is 10.2 Å². The molecule has 1 aromatic rings. The van der Waals surface area contributed by atoms with Crippen LogP contribution < -0.4 is 5.32 Å². The summed E-state index contributed by atoms with van der Waals surface area (Å²) in [5.74, 6) is 1.38. The van der Waals surface area contributed by atoms with Crippen molar-refractivity contribution in [1.29, 1.82) is 0 Å². The van der Waals surface area contributed by atoms with Gasteiger partial charge in [0, 0.05) is 31.7 Å². The predicted molar refractivity (Wildman–Crippen MR) is 82.8 cm³/mol. The molecule has 1 aromatic carbocycles. The third-order valence-corrected chi connectivity index (χ3v) is 5.67. The number of piperazine rings is 1. The van der Waals surface area contributed by atoms with Crippen LogP contribution in [0.15, 0.2) is 18.2 Å². The van der Waals surface area contributed by atoms with Crippen LogP contribution in [0.1, 0.15) is 31.2 Å². The highest BCUT2D eigenvalue weighted by Gasteiger charge is 2.42. The van der Waals surface area contributed by atoms with E-state index in [2.05, 4.69) is 10.2 Å². The molecule has 1 N–H and O–H groups in total. The van der Waals surface area contributed by atoms with Gasteiger partial charge in [0.2, 0.25) is 0 Å². The quantitative estimate of drug-likeness (QED) is 0.916. The minimum Gasteiger partial charge on any atom is -0.311 e. The van der Waals surface area contributed by atoms with Crippen LogP contribution in [0.25, 0.3) is 0 Å². The van der Waals surface area contributed by atoms with E-state index < -0.39 is 0 Å². The van der Waals surface area contributed by atoms with Gasteiger partial charge in [-0.15, -0.1) is 0 Å². The molecule has 1 heterocycles. The Bertz CT molecular complexity index is 528. The molecule has 1 saturated heterocycles. The van der Waals surface area contributed by atoms with E-state index >= 15 is 0 Å². The van der Waals surface area contributed by atoms with Crippen LogP contribution in [0, 0.1) is 17.7 Å². The summed E-state index contributed by atoms with van der Waals surface area (Å²) >= 11 is 6.15. The van der Waals surface area contributed by atoms with Crippen LogP contribution in [0.4, 0.5) is 4.39 Å². The fourth-order valence-electron chi connectivity index (χ4n) is 3.69. The molecule has 2 atom stereocenters. The van der Waals surface area contributed by atoms with Gasteiger partial charge in [0.15, 0.2) is 0 Å². The first-order valence-electron chi connectivity index (χ1n) is 8.12. The highest BCUT2D eigenvalue weighted by atomic mass is 35.5. The zero-order valence-corrected chi connectivity index (χ0v) is 13.0. The number of hydrogen-bond donors (Lipinski definition) is 1. The van der Waals surface area contributed by atoms with Crippen molar-refractivity contribution >= 4 is 11.6 Å². The average Bonchev–Trinajstić information content (AvgIpc) is 3.37. The molecule has 2 nitrogen and oxygen atoms in total. The summed E-state index contributed by atoms with van der Waals surface area (Å²) in [4.78, 5) is 2.55. The van der Waals surface area contributed by atoms with E-state index in [0.717, 1.165) is 37.0 Å². The van der Waals surface area contributed by atoms with Gasteiger partial charge in [0.05, 0.1) is 5.02 Å². The van der Waals surface area contributed by atoms with E-state index in [1.165, 1.54) is 31.7 Å². The average molecular weight is 309 g/mol. The minimum atomic E-state index is -0.300. The maximum Gasteiger partial charge on any atom is 0.142 e. The van der Waals surface area contributed by atoms with E-state index in [-0.39, 0.29) is 5.82 Å². The summed E-state index contributed by atoms with van der Waals surface area (Å²) in [6, 6.07) is 6.38. The van der Waals surface area contributed by atoms with Gasteiger partial charge in [0.25, 0.3) is 0 Å². The Morgan fingerprint density at radius 1 is 1.19 bits per heavy atom. The fraction of sp³-hybridized carbons (Fsp3) is 0.647. The number of nitrogens with one attached hydrogen (secondary N) is 1. The first-order valence-corrected chi connectivity index (χ1v) is 8.50. The lowest BCUT2D eigenvalue weighted by molar-refractivity contribution is 0.100. The van der Waals surface area contributed by atoms with Gasteiger partial charge >= 0.3 is 0 Å². The van der Waals surface area contributed by atoms with Crippen molar-refractivity contribution < 1.29 is 4.39 Å². The van der Waals surface area contributed by atoms with Crippen LogP contribution >= 0.6 is 11.6 Å². The van der Waals surface area contributed by atoms with Crippen molar-refractivity contribution in [2.24, 2.45) is 11.8 Å². The third-order valence-electron chi connectivity index (χ3n) is 5.25. The van der Waals surface area contributed by atoms with E-state index in [4.69, 9.17) is 11.6 Å². The van der Waals surface area contributed by atoms with Crippen molar-refractivity contribution in [2.45, 2.75) is 44.3 Å². The summed E-state index contributed by atoms with van der Waals surface area (Å²) in [5.41, 5.74) is 0.929. The van der Waals surface area contributed by atoms with Gasteiger partial charge in [0.1, 0.15) is 5.82 Å². The lowest BCUT2D eigenvalue weighted by atomic mass is 10.0. The molecule has 0 amide bonds. The van der Waals surface area contributed by atoms with E-state index in [9.17, 15) is 4.39 Å². The summed E-state index contributed by atoms with van der Waals surface area (Å²) in [5, 5.41) is 4.05. The number of halogens is 2. The summed E-state index contributed by atoms with van der Waals surface area (Å²) in [7, 11) is 0. The summed E-state index contributed by atoms with van der Waals surface area (Å²) in [6.45, 7) is 2.94. The first kappa shape index (κ1) is 14.0. The van der Waals surface area contributed by atoms with Crippen molar-refractivity contribution in [3.63, 3.8) is 0 Å². The van der Waals surface area contributed by atoms with Gasteiger partial charge in [-0.1, -0.05) is 23.7 Å². The second-order valence-corrected chi connectivity index (χ2v) is 7.28. The second kappa shape index (κ2) is 5.53. The number of rotatable bonds is 4. The summed E-state index contributed by atoms with van der Waals surface area (Å²) in [6.07, 6.45) is 5.41. The Morgan fingerprint density at radius 2 is 1.95 bits per heavy atom. The van der Waals surface area contributed by atoms with Gasteiger partial charge in [-0.3, -0.25) is 4.90 Å².